The van der Waals surface area contributed by atoms with Crippen molar-refractivity contribution in [2.75, 3.05) is 26.4 Å². The Morgan fingerprint density at radius 2 is 1.42 bits per heavy atom. The van der Waals surface area contributed by atoms with Gasteiger partial charge in [0.15, 0.2) is 0 Å². The minimum Gasteiger partial charge on any atom is -0.341 e. The van der Waals surface area contributed by atoms with E-state index in [9.17, 15) is 9.59 Å². The van der Waals surface area contributed by atoms with E-state index in [0.29, 0.717) is 45.7 Å². The van der Waals surface area contributed by atoms with Gasteiger partial charge in [0, 0.05) is 30.5 Å². The molecule has 0 N–H and O–H groups in total. The maximum Gasteiger partial charge on any atom is 0.283 e. The van der Waals surface area contributed by atoms with Gasteiger partial charge in [-0.3, -0.25) is 14.5 Å². The molecule has 31 heavy (non-hydrogen) atoms. The summed E-state index contributed by atoms with van der Waals surface area (Å²) < 4.78 is 30.3. The van der Waals surface area contributed by atoms with Crippen LogP contribution < -0.4 is 0 Å². The first-order valence-corrected chi connectivity index (χ1v) is 11.3. The van der Waals surface area contributed by atoms with Crippen LogP contribution in [0.15, 0.2) is 12.2 Å². The Kier molecular flexibility index (Phi) is 6.70. The van der Waals surface area contributed by atoms with Gasteiger partial charge in [-0.15, -0.1) is 12.6 Å². The van der Waals surface area contributed by atoms with Crippen LogP contribution in [-0.4, -0.2) is 65.4 Å². The van der Waals surface area contributed by atoms with Gasteiger partial charge in [-0.1, -0.05) is 13.8 Å². The number of rotatable bonds is 7. The molecule has 0 bridgehead atoms. The van der Waals surface area contributed by atoms with Gasteiger partial charge in [-0.25, -0.2) is 0 Å². The molecule has 3 aliphatic rings. The van der Waals surface area contributed by atoms with E-state index in [1.54, 1.807) is 0 Å². The van der Waals surface area contributed by atoms with E-state index in [0.717, 1.165) is 0 Å². The number of thiol groups is 1. The lowest BCUT2D eigenvalue weighted by molar-refractivity contribution is -0.454. The number of carbonyl (C=O) groups is 2. The van der Waals surface area contributed by atoms with Crippen molar-refractivity contribution in [1.82, 2.24) is 4.90 Å². The molecule has 0 aliphatic carbocycles. The van der Waals surface area contributed by atoms with E-state index in [1.165, 1.54) is 17.1 Å². The second-order valence-electron chi connectivity index (χ2n) is 9.95. The summed E-state index contributed by atoms with van der Waals surface area (Å²) in [5.74, 6) is -1.84. The maximum atomic E-state index is 12.2. The molecular formula is C22H35NO7S. The van der Waals surface area contributed by atoms with E-state index in [4.69, 9.17) is 23.7 Å². The molecule has 0 radical (unpaired) electrons. The van der Waals surface area contributed by atoms with Gasteiger partial charge in [-0.05, 0) is 34.1 Å². The number of amides is 2. The summed E-state index contributed by atoms with van der Waals surface area (Å²) in [5, 5.41) is -0.867. The normalized spacial score (nSPS) is 34.7. The SMILES string of the molecule is CCC1(S)OCC2(CO1)COC(CC)(OC(C)(C)CC(C)(C)N1C(=O)C=CC1=O)OC2. The molecular weight excluding hydrogens is 422 g/mol. The molecule has 3 rings (SSSR count). The molecule has 9 heteroatoms. The number of nitrogens with zero attached hydrogens (tertiary/aromatic N) is 1. The molecule has 2 saturated heterocycles. The van der Waals surface area contributed by atoms with E-state index in [-0.39, 0.29) is 11.8 Å². The first-order valence-electron chi connectivity index (χ1n) is 10.8. The van der Waals surface area contributed by atoms with Crippen molar-refractivity contribution in [3.8, 4) is 0 Å². The number of carbonyl (C=O) groups excluding carboxylic acids is 2. The first kappa shape index (κ1) is 24.7. The van der Waals surface area contributed by atoms with E-state index in [2.05, 4.69) is 12.6 Å². The molecule has 0 atom stereocenters. The zero-order valence-corrected chi connectivity index (χ0v) is 20.3. The number of imide groups is 1. The van der Waals surface area contributed by atoms with Crippen LogP contribution >= 0.6 is 12.6 Å². The highest BCUT2D eigenvalue weighted by Gasteiger charge is 2.52. The molecule has 3 heterocycles. The Labute approximate surface area is 190 Å². The monoisotopic (exact) mass is 457 g/mol. The van der Waals surface area contributed by atoms with Crippen molar-refractivity contribution < 1.29 is 33.3 Å². The lowest BCUT2D eigenvalue weighted by atomic mass is 9.87. The van der Waals surface area contributed by atoms with Crippen molar-refractivity contribution >= 4 is 24.4 Å². The molecule has 0 aromatic heterocycles. The van der Waals surface area contributed by atoms with Crippen LogP contribution in [0.2, 0.25) is 0 Å². The van der Waals surface area contributed by atoms with Crippen LogP contribution in [0.25, 0.3) is 0 Å². The predicted molar refractivity (Wildman–Crippen MR) is 116 cm³/mol. The first-order chi connectivity index (χ1) is 14.3. The second kappa shape index (κ2) is 8.43. The van der Waals surface area contributed by atoms with Crippen LogP contribution in [-0.2, 0) is 33.3 Å². The van der Waals surface area contributed by atoms with Gasteiger partial charge in [0.25, 0.3) is 17.8 Å². The van der Waals surface area contributed by atoms with Gasteiger partial charge >= 0.3 is 0 Å². The molecule has 0 aromatic rings. The average molecular weight is 458 g/mol. The van der Waals surface area contributed by atoms with Crippen LogP contribution in [0.5, 0.6) is 0 Å². The van der Waals surface area contributed by atoms with Crippen LogP contribution in [0.4, 0.5) is 0 Å². The Morgan fingerprint density at radius 1 is 0.935 bits per heavy atom. The van der Waals surface area contributed by atoms with E-state index in [1.807, 2.05) is 41.5 Å². The molecule has 8 nitrogen and oxygen atoms in total. The molecule has 2 fully saturated rings. The third-order valence-electron chi connectivity index (χ3n) is 5.99. The van der Waals surface area contributed by atoms with Crippen molar-refractivity contribution in [2.45, 2.75) is 83.0 Å². The Hall–Kier alpha value is -0.970. The molecule has 1 spiro atoms. The Morgan fingerprint density at radius 3 is 1.87 bits per heavy atom. The standard InChI is InChI=1S/C22H35NO7S/c1-7-21(26-12-20(13-27-21)14-28-22(31,8-2)29-15-20)30-19(5,6)11-18(3,4)23-16(24)9-10-17(23)25/h9-10,31H,7-8,11-15H2,1-6H3. The van der Waals surface area contributed by atoms with Crippen LogP contribution in [0.1, 0.15) is 60.8 Å². The molecule has 0 unspecified atom stereocenters. The second-order valence-corrected chi connectivity index (χ2v) is 10.6. The van der Waals surface area contributed by atoms with E-state index >= 15 is 0 Å². The summed E-state index contributed by atoms with van der Waals surface area (Å²) >= 11 is 4.44. The lowest BCUT2D eigenvalue weighted by Crippen LogP contribution is -2.60. The quantitative estimate of drug-likeness (QED) is 0.465. The van der Waals surface area contributed by atoms with Crippen molar-refractivity contribution in [3.05, 3.63) is 12.2 Å². The van der Waals surface area contributed by atoms with Gasteiger partial charge in [0.2, 0.25) is 5.12 Å². The summed E-state index contributed by atoms with van der Waals surface area (Å²) in [6.45, 7) is 13.0. The third-order valence-corrected chi connectivity index (χ3v) is 6.56. The topological polar surface area (TPSA) is 83.5 Å². The van der Waals surface area contributed by atoms with Crippen LogP contribution in [0.3, 0.4) is 0 Å². The van der Waals surface area contributed by atoms with Gasteiger partial charge in [0.05, 0.1) is 37.4 Å². The summed E-state index contributed by atoms with van der Waals surface area (Å²) in [6.07, 6.45) is 4.11. The fourth-order valence-electron chi connectivity index (χ4n) is 4.51. The highest BCUT2D eigenvalue weighted by molar-refractivity contribution is 7.81. The summed E-state index contributed by atoms with van der Waals surface area (Å²) in [4.78, 5) is 25.6. The highest BCUT2D eigenvalue weighted by Crippen LogP contribution is 2.42. The van der Waals surface area contributed by atoms with Gasteiger partial charge < -0.3 is 23.7 Å². The van der Waals surface area contributed by atoms with Crippen molar-refractivity contribution in [3.63, 3.8) is 0 Å². The number of ether oxygens (including phenoxy) is 5. The molecule has 0 aromatic carbocycles. The Balaban J connectivity index is 1.64. The number of hydrogen-bond donors (Lipinski definition) is 1. The summed E-state index contributed by atoms with van der Waals surface area (Å²) in [6, 6.07) is 0. The zero-order chi connectivity index (χ0) is 23.1. The third kappa shape index (κ3) is 5.17. The smallest absolute Gasteiger partial charge is 0.283 e. The fourth-order valence-corrected chi connectivity index (χ4v) is 4.63. The maximum absolute atomic E-state index is 12.2. The fraction of sp³-hybridized carbons (Fsp3) is 0.818. The average Bonchev–Trinajstić information content (AvgIpc) is 3.04. The van der Waals surface area contributed by atoms with Gasteiger partial charge in [-0.2, -0.15) is 0 Å². The van der Waals surface area contributed by atoms with E-state index < -0.39 is 27.6 Å². The number of hydrogen-bond acceptors (Lipinski definition) is 8. The molecule has 2 amide bonds. The molecule has 3 aliphatic heterocycles. The zero-order valence-electron chi connectivity index (χ0n) is 19.4. The van der Waals surface area contributed by atoms with Crippen molar-refractivity contribution in [2.24, 2.45) is 5.41 Å². The van der Waals surface area contributed by atoms with Gasteiger partial charge in [0.1, 0.15) is 0 Å². The highest BCUT2D eigenvalue weighted by atomic mass is 32.1. The lowest BCUT2D eigenvalue weighted by Gasteiger charge is -2.51. The predicted octanol–water partition coefficient (Wildman–Crippen LogP) is 3.01. The molecule has 176 valence electrons. The minimum atomic E-state index is -1.22. The summed E-state index contributed by atoms with van der Waals surface area (Å²) in [7, 11) is 0. The largest absolute Gasteiger partial charge is 0.341 e. The minimum absolute atomic E-state index is 0.312. The van der Waals surface area contributed by atoms with Crippen molar-refractivity contribution in [1.29, 1.82) is 0 Å². The Bertz CT molecular complexity index is 712. The molecule has 0 saturated carbocycles. The van der Waals surface area contributed by atoms with Crippen LogP contribution in [0, 0.1) is 5.41 Å². The summed E-state index contributed by atoms with van der Waals surface area (Å²) in [5.41, 5.74) is -1.89.